The molecule has 1 aliphatic heterocycles. The van der Waals surface area contributed by atoms with Crippen LogP contribution in [0.25, 0.3) is 0 Å². The Bertz CT molecular complexity index is 318. The van der Waals surface area contributed by atoms with Crippen LogP contribution >= 0.6 is 0 Å². The highest BCUT2D eigenvalue weighted by molar-refractivity contribution is 5.82. The van der Waals surface area contributed by atoms with Gasteiger partial charge in [0.2, 0.25) is 5.91 Å². The average Bonchev–Trinajstić information content (AvgIpc) is 3.17. The third-order valence-electron chi connectivity index (χ3n) is 5.13. The van der Waals surface area contributed by atoms with Crippen LogP contribution in [0.15, 0.2) is 0 Å². The number of piperidine rings is 1. The van der Waals surface area contributed by atoms with Gasteiger partial charge in [-0.05, 0) is 56.5 Å². The minimum atomic E-state index is -0.303. The Balaban J connectivity index is 1.84. The molecular weight excluding hydrogens is 240 g/mol. The first-order valence-electron chi connectivity index (χ1n) is 7.60. The monoisotopic (exact) mass is 268 g/mol. The van der Waals surface area contributed by atoms with E-state index in [0.29, 0.717) is 5.92 Å². The molecule has 4 heteroatoms. The second kappa shape index (κ2) is 5.80. The van der Waals surface area contributed by atoms with Gasteiger partial charge in [0.15, 0.2) is 0 Å². The second-order valence-electron chi connectivity index (χ2n) is 6.92. The molecule has 1 saturated carbocycles. The molecule has 1 heterocycles. The number of aliphatic hydroxyl groups excluding tert-OH is 1. The van der Waals surface area contributed by atoms with Crippen molar-refractivity contribution in [3.8, 4) is 0 Å². The van der Waals surface area contributed by atoms with Crippen LogP contribution < -0.4 is 10.6 Å². The van der Waals surface area contributed by atoms with Crippen molar-refractivity contribution < 1.29 is 9.90 Å². The summed E-state index contributed by atoms with van der Waals surface area (Å²) in [5.41, 5.74) is -0.103. The SMILES string of the molecule is CC(C)(C(=O)NCC1(CCO)CC1)C1CCCNC1. The molecule has 0 aromatic carbocycles. The fraction of sp³-hybridized carbons (Fsp3) is 0.933. The molecule has 1 saturated heterocycles. The first-order chi connectivity index (χ1) is 9.00. The zero-order valence-corrected chi connectivity index (χ0v) is 12.3. The molecule has 0 radical (unpaired) electrons. The standard InChI is InChI=1S/C15H28N2O2/c1-14(2,12-4-3-8-16-10-12)13(19)17-11-15(5-6-15)7-9-18/h12,16,18H,3-11H2,1-2H3,(H,17,19). The number of aliphatic hydroxyl groups is 1. The lowest BCUT2D eigenvalue weighted by atomic mass is 9.74. The van der Waals surface area contributed by atoms with Crippen LogP contribution in [0.5, 0.6) is 0 Å². The van der Waals surface area contributed by atoms with E-state index >= 15 is 0 Å². The van der Waals surface area contributed by atoms with E-state index < -0.39 is 0 Å². The van der Waals surface area contributed by atoms with Gasteiger partial charge in [0.1, 0.15) is 0 Å². The fourth-order valence-corrected chi connectivity index (χ4v) is 3.08. The molecule has 1 atom stereocenters. The van der Waals surface area contributed by atoms with Gasteiger partial charge in [0.05, 0.1) is 0 Å². The van der Waals surface area contributed by atoms with Crippen molar-refractivity contribution in [3.05, 3.63) is 0 Å². The van der Waals surface area contributed by atoms with Crippen LogP contribution in [-0.4, -0.2) is 37.3 Å². The third-order valence-corrected chi connectivity index (χ3v) is 5.13. The Morgan fingerprint density at radius 2 is 2.21 bits per heavy atom. The Kier molecular flexibility index (Phi) is 4.51. The van der Waals surface area contributed by atoms with Gasteiger partial charge < -0.3 is 15.7 Å². The summed E-state index contributed by atoms with van der Waals surface area (Å²) < 4.78 is 0. The van der Waals surface area contributed by atoms with E-state index in [1.807, 2.05) is 0 Å². The Hall–Kier alpha value is -0.610. The van der Waals surface area contributed by atoms with Crippen molar-refractivity contribution in [1.29, 1.82) is 0 Å². The van der Waals surface area contributed by atoms with Crippen molar-refractivity contribution in [2.75, 3.05) is 26.2 Å². The zero-order chi connectivity index (χ0) is 13.9. The zero-order valence-electron chi connectivity index (χ0n) is 12.3. The van der Waals surface area contributed by atoms with E-state index in [9.17, 15) is 4.79 Å². The Morgan fingerprint density at radius 1 is 1.47 bits per heavy atom. The van der Waals surface area contributed by atoms with Gasteiger partial charge in [0, 0.05) is 18.6 Å². The first kappa shape index (κ1) is 14.8. The maximum Gasteiger partial charge on any atom is 0.226 e. The Morgan fingerprint density at radius 3 is 2.74 bits per heavy atom. The van der Waals surface area contributed by atoms with Crippen LogP contribution in [-0.2, 0) is 4.79 Å². The molecule has 4 nitrogen and oxygen atoms in total. The topological polar surface area (TPSA) is 61.4 Å². The first-order valence-corrected chi connectivity index (χ1v) is 7.60. The van der Waals surface area contributed by atoms with Crippen molar-refractivity contribution >= 4 is 5.91 Å². The number of hydrogen-bond donors (Lipinski definition) is 3. The van der Waals surface area contributed by atoms with Crippen molar-refractivity contribution in [1.82, 2.24) is 10.6 Å². The summed E-state index contributed by atoms with van der Waals surface area (Å²) in [5.74, 6) is 0.597. The number of hydrogen-bond acceptors (Lipinski definition) is 3. The quantitative estimate of drug-likeness (QED) is 0.680. The maximum atomic E-state index is 12.4. The minimum Gasteiger partial charge on any atom is -0.396 e. The van der Waals surface area contributed by atoms with E-state index in [4.69, 9.17) is 5.11 Å². The summed E-state index contributed by atoms with van der Waals surface area (Å²) in [7, 11) is 0. The molecule has 0 bridgehead atoms. The number of rotatable bonds is 6. The van der Waals surface area contributed by atoms with Gasteiger partial charge in [-0.3, -0.25) is 4.79 Å². The van der Waals surface area contributed by atoms with Crippen LogP contribution in [0.4, 0.5) is 0 Å². The molecule has 2 rings (SSSR count). The van der Waals surface area contributed by atoms with Gasteiger partial charge in [-0.15, -0.1) is 0 Å². The molecule has 19 heavy (non-hydrogen) atoms. The van der Waals surface area contributed by atoms with Crippen LogP contribution in [0.3, 0.4) is 0 Å². The molecule has 2 fully saturated rings. The lowest BCUT2D eigenvalue weighted by Gasteiger charge is -2.36. The normalized spacial score (nSPS) is 25.9. The summed E-state index contributed by atoms with van der Waals surface area (Å²) in [4.78, 5) is 12.4. The molecule has 0 aromatic heterocycles. The lowest BCUT2D eigenvalue weighted by Crippen LogP contribution is -2.48. The third kappa shape index (κ3) is 3.48. The molecule has 2 aliphatic rings. The summed E-state index contributed by atoms with van der Waals surface area (Å²) in [6, 6.07) is 0. The lowest BCUT2D eigenvalue weighted by molar-refractivity contribution is -0.132. The molecule has 1 aliphatic carbocycles. The van der Waals surface area contributed by atoms with Crippen molar-refractivity contribution in [2.45, 2.75) is 46.0 Å². The van der Waals surface area contributed by atoms with Gasteiger partial charge in [-0.25, -0.2) is 0 Å². The van der Waals surface area contributed by atoms with E-state index in [-0.39, 0.29) is 23.3 Å². The number of carbonyl (C=O) groups excluding carboxylic acids is 1. The van der Waals surface area contributed by atoms with Crippen LogP contribution in [0.2, 0.25) is 0 Å². The molecular formula is C15H28N2O2. The van der Waals surface area contributed by atoms with Gasteiger partial charge in [0.25, 0.3) is 0 Å². The molecule has 0 spiro atoms. The van der Waals surface area contributed by atoms with E-state index in [1.54, 1.807) is 0 Å². The maximum absolute atomic E-state index is 12.4. The van der Waals surface area contributed by atoms with Crippen molar-refractivity contribution in [3.63, 3.8) is 0 Å². The molecule has 110 valence electrons. The highest BCUT2D eigenvalue weighted by Gasteiger charge is 2.44. The van der Waals surface area contributed by atoms with Gasteiger partial charge in [-0.1, -0.05) is 13.8 Å². The number of carbonyl (C=O) groups is 1. The summed E-state index contributed by atoms with van der Waals surface area (Å²) in [6.45, 7) is 7.11. The van der Waals surface area contributed by atoms with Crippen LogP contribution in [0, 0.1) is 16.7 Å². The summed E-state index contributed by atoms with van der Waals surface area (Å²) in [5, 5.41) is 15.6. The second-order valence-corrected chi connectivity index (χ2v) is 6.92. The van der Waals surface area contributed by atoms with Crippen molar-refractivity contribution in [2.24, 2.45) is 16.7 Å². The number of nitrogens with one attached hydrogen (secondary N) is 2. The van der Waals surface area contributed by atoms with E-state index in [2.05, 4.69) is 24.5 Å². The van der Waals surface area contributed by atoms with E-state index in [0.717, 1.165) is 51.7 Å². The highest BCUT2D eigenvalue weighted by atomic mass is 16.3. The predicted octanol–water partition coefficient (Wildman–Crippen LogP) is 1.29. The Labute approximate surface area is 116 Å². The summed E-state index contributed by atoms with van der Waals surface area (Å²) >= 11 is 0. The smallest absolute Gasteiger partial charge is 0.226 e. The predicted molar refractivity (Wildman–Crippen MR) is 75.8 cm³/mol. The van der Waals surface area contributed by atoms with Gasteiger partial charge in [-0.2, -0.15) is 0 Å². The molecule has 0 aromatic rings. The molecule has 1 unspecified atom stereocenters. The van der Waals surface area contributed by atoms with E-state index in [1.165, 1.54) is 0 Å². The highest BCUT2D eigenvalue weighted by Crippen LogP contribution is 2.48. The molecule has 3 N–H and O–H groups in total. The fourth-order valence-electron chi connectivity index (χ4n) is 3.08. The molecule has 1 amide bonds. The van der Waals surface area contributed by atoms with Gasteiger partial charge >= 0.3 is 0 Å². The summed E-state index contributed by atoms with van der Waals surface area (Å²) in [6.07, 6.45) is 5.39. The average molecular weight is 268 g/mol. The van der Waals surface area contributed by atoms with Crippen LogP contribution in [0.1, 0.15) is 46.0 Å². The largest absolute Gasteiger partial charge is 0.396 e. The number of amides is 1. The minimum absolute atomic E-state index is 0.172.